The highest BCUT2D eigenvalue weighted by atomic mass is 32.1. The number of hydrogen-bond donors (Lipinski definition) is 1. The van der Waals surface area contributed by atoms with Crippen molar-refractivity contribution in [1.82, 2.24) is 10.2 Å². The van der Waals surface area contributed by atoms with Crippen molar-refractivity contribution in [3.05, 3.63) is 22.4 Å². The quantitative estimate of drug-likeness (QED) is 0.873. The van der Waals surface area contributed by atoms with Crippen LogP contribution in [0.5, 0.6) is 0 Å². The molecule has 0 spiro atoms. The Morgan fingerprint density at radius 3 is 3.06 bits per heavy atom. The molecule has 0 radical (unpaired) electrons. The van der Waals surface area contributed by atoms with E-state index >= 15 is 0 Å². The molecule has 2 amide bonds. The molecule has 1 saturated heterocycles. The fourth-order valence-corrected chi connectivity index (χ4v) is 2.62. The van der Waals surface area contributed by atoms with Gasteiger partial charge in [-0.2, -0.15) is 11.3 Å². The summed E-state index contributed by atoms with van der Waals surface area (Å²) in [7, 11) is 0. The summed E-state index contributed by atoms with van der Waals surface area (Å²) >= 11 is 1.66. The Bertz CT molecular complexity index is 403. The number of thiophene rings is 1. The van der Waals surface area contributed by atoms with E-state index in [1.807, 2.05) is 5.38 Å². The Morgan fingerprint density at radius 2 is 2.35 bits per heavy atom. The molecule has 1 aliphatic rings. The molecule has 1 aliphatic heterocycles. The molecule has 0 saturated carbocycles. The third-order valence-corrected chi connectivity index (χ3v) is 3.65. The van der Waals surface area contributed by atoms with Gasteiger partial charge in [-0.1, -0.05) is 0 Å². The van der Waals surface area contributed by atoms with Crippen LogP contribution in [-0.4, -0.2) is 35.8 Å². The summed E-state index contributed by atoms with van der Waals surface area (Å²) in [6, 6.07) is 1.67. The van der Waals surface area contributed by atoms with Gasteiger partial charge in [0.25, 0.3) is 0 Å². The van der Waals surface area contributed by atoms with Crippen molar-refractivity contribution >= 4 is 23.2 Å². The average Bonchev–Trinajstić information content (AvgIpc) is 2.77. The SMILES string of the molecule is CC1NC(=O)CCN(CCc2ccsc2)C1=O. The molecular weight excluding hydrogens is 236 g/mol. The molecule has 0 bridgehead atoms. The minimum Gasteiger partial charge on any atom is -0.345 e. The summed E-state index contributed by atoms with van der Waals surface area (Å²) < 4.78 is 0. The molecule has 4 nitrogen and oxygen atoms in total. The molecule has 2 heterocycles. The summed E-state index contributed by atoms with van der Waals surface area (Å²) in [5.41, 5.74) is 1.25. The maximum atomic E-state index is 12.0. The zero-order valence-electron chi connectivity index (χ0n) is 9.81. The zero-order valence-corrected chi connectivity index (χ0v) is 10.6. The molecule has 1 N–H and O–H groups in total. The van der Waals surface area contributed by atoms with Gasteiger partial charge in [-0.3, -0.25) is 9.59 Å². The lowest BCUT2D eigenvalue weighted by molar-refractivity contribution is -0.133. The topological polar surface area (TPSA) is 49.4 Å². The maximum absolute atomic E-state index is 12.0. The first-order valence-electron chi connectivity index (χ1n) is 5.76. The normalized spacial score (nSPS) is 21.2. The highest BCUT2D eigenvalue weighted by Gasteiger charge is 2.25. The first kappa shape index (κ1) is 12.1. The summed E-state index contributed by atoms with van der Waals surface area (Å²) in [5.74, 6) is -0.0186. The minimum absolute atomic E-state index is 0.0195. The molecule has 0 aliphatic carbocycles. The summed E-state index contributed by atoms with van der Waals surface area (Å²) in [5, 5.41) is 6.81. The van der Waals surface area contributed by atoms with Crippen LogP contribution in [0, 0.1) is 0 Å². The Labute approximate surface area is 105 Å². The van der Waals surface area contributed by atoms with E-state index in [1.165, 1.54) is 5.56 Å². The maximum Gasteiger partial charge on any atom is 0.244 e. The molecule has 92 valence electrons. The van der Waals surface area contributed by atoms with E-state index in [1.54, 1.807) is 23.2 Å². The molecule has 17 heavy (non-hydrogen) atoms. The van der Waals surface area contributed by atoms with Crippen molar-refractivity contribution < 1.29 is 9.59 Å². The second-order valence-corrected chi connectivity index (χ2v) is 5.03. The third-order valence-electron chi connectivity index (χ3n) is 2.92. The first-order chi connectivity index (χ1) is 8.16. The molecule has 1 atom stereocenters. The predicted octanol–water partition coefficient (Wildman–Crippen LogP) is 1.03. The monoisotopic (exact) mass is 252 g/mol. The van der Waals surface area contributed by atoms with Gasteiger partial charge in [0.2, 0.25) is 11.8 Å². The number of hydrogen-bond acceptors (Lipinski definition) is 3. The van der Waals surface area contributed by atoms with Crippen molar-refractivity contribution in [2.75, 3.05) is 13.1 Å². The standard InChI is InChI=1S/C12H16N2O2S/c1-9-12(16)14(6-3-11(15)13-9)5-2-10-4-7-17-8-10/h4,7-9H,2-3,5-6H2,1H3,(H,13,15). The molecule has 1 aromatic heterocycles. The van der Waals surface area contributed by atoms with Crippen molar-refractivity contribution in [3.63, 3.8) is 0 Å². The van der Waals surface area contributed by atoms with E-state index in [4.69, 9.17) is 0 Å². The lowest BCUT2D eigenvalue weighted by Gasteiger charge is -2.21. The largest absolute Gasteiger partial charge is 0.345 e. The molecule has 2 rings (SSSR count). The smallest absolute Gasteiger partial charge is 0.244 e. The third kappa shape index (κ3) is 3.06. The van der Waals surface area contributed by atoms with E-state index in [9.17, 15) is 9.59 Å². The van der Waals surface area contributed by atoms with Gasteiger partial charge in [0.15, 0.2) is 0 Å². The highest BCUT2D eigenvalue weighted by Crippen LogP contribution is 2.09. The fourth-order valence-electron chi connectivity index (χ4n) is 1.92. The van der Waals surface area contributed by atoms with Crippen LogP contribution >= 0.6 is 11.3 Å². The van der Waals surface area contributed by atoms with Crippen LogP contribution in [0.3, 0.4) is 0 Å². The number of nitrogens with one attached hydrogen (secondary N) is 1. The van der Waals surface area contributed by atoms with Gasteiger partial charge in [0, 0.05) is 19.5 Å². The number of carbonyl (C=O) groups excluding carboxylic acids is 2. The van der Waals surface area contributed by atoms with Gasteiger partial charge in [0.1, 0.15) is 6.04 Å². The second-order valence-electron chi connectivity index (χ2n) is 4.25. The van der Waals surface area contributed by atoms with Crippen LogP contribution in [0.25, 0.3) is 0 Å². The van der Waals surface area contributed by atoms with Crippen molar-refractivity contribution in [2.24, 2.45) is 0 Å². The Balaban J connectivity index is 1.94. The fraction of sp³-hybridized carbons (Fsp3) is 0.500. The predicted molar refractivity (Wildman–Crippen MR) is 66.8 cm³/mol. The van der Waals surface area contributed by atoms with E-state index in [2.05, 4.69) is 16.8 Å². The zero-order chi connectivity index (χ0) is 12.3. The first-order valence-corrected chi connectivity index (χ1v) is 6.70. The number of nitrogens with zero attached hydrogens (tertiary/aromatic N) is 1. The summed E-state index contributed by atoms with van der Waals surface area (Å²) in [6.07, 6.45) is 1.26. The highest BCUT2D eigenvalue weighted by molar-refractivity contribution is 7.07. The van der Waals surface area contributed by atoms with Gasteiger partial charge in [-0.25, -0.2) is 0 Å². The van der Waals surface area contributed by atoms with Crippen LogP contribution in [0.15, 0.2) is 16.8 Å². The molecule has 1 fully saturated rings. The number of carbonyl (C=O) groups is 2. The van der Waals surface area contributed by atoms with Crippen LogP contribution in [0.2, 0.25) is 0 Å². The van der Waals surface area contributed by atoms with E-state index in [0.29, 0.717) is 19.5 Å². The van der Waals surface area contributed by atoms with Crippen LogP contribution in [0.1, 0.15) is 18.9 Å². The average molecular weight is 252 g/mol. The Kier molecular flexibility index (Phi) is 3.78. The van der Waals surface area contributed by atoms with Gasteiger partial charge < -0.3 is 10.2 Å². The van der Waals surface area contributed by atoms with Gasteiger partial charge in [-0.05, 0) is 35.7 Å². The second kappa shape index (κ2) is 5.31. The van der Waals surface area contributed by atoms with E-state index in [0.717, 1.165) is 6.42 Å². The van der Waals surface area contributed by atoms with Crippen LogP contribution in [0.4, 0.5) is 0 Å². The van der Waals surface area contributed by atoms with Crippen LogP contribution < -0.4 is 5.32 Å². The molecule has 1 aromatic rings. The lowest BCUT2D eigenvalue weighted by Crippen LogP contribution is -2.43. The lowest BCUT2D eigenvalue weighted by atomic mass is 10.2. The van der Waals surface area contributed by atoms with Crippen molar-refractivity contribution in [3.8, 4) is 0 Å². The number of amides is 2. The molecule has 1 unspecified atom stereocenters. The van der Waals surface area contributed by atoms with E-state index in [-0.39, 0.29) is 11.8 Å². The minimum atomic E-state index is -0.396. The van der Waals surface area contributed by atoms with Gasteiger partial charge in [0.05, 0.1) is 0 Å². The molecule has 5 heteroatoms. The van der Waals surface area contributed by atoms with E-state index < -0.39 is 6.04 Å². The molecule has 0 aromatic carbocycles. The summed E-state index contributed by atoms with van der Waals surface area (Å²) in [4.78, 5) is 25.1. The Hall–Kier alpha value is -1.36. The van der Waals surface area contributed by atoms with Crippen molar-refractivity contribution in [1.29, 1.82) is 0 Å². The van der Waals surface area contributed by atoms with Crippen LogP contribution in [-0.2, 0) is 16.0 Å². The molecular formula is C12H16N2O2S. The van der Waals surface area contributed by atoms with Crippen molar-refractivity contribution in [2.45, 2.75) is 25.8 Å². The van der Waals surface area contributed by atoms with Gasteiger partial charge in [-0.15, -0.1) is 0 Å². The summed E-state index contributed by atoms with van der Waals surface area (Å²) in [6.45, 7) is 2.96. The number of rotatable bonds is 3. The van der Waals surface area contributed by atoms with Gasteiger partial charge >= 0.3 is 0 Å². The Morgan fingerprint density at radius 1 is 1.53 bits per heavy atom.